The van der Waals surface area contributed by atoms with Crippen LogP contribution in [0.4, 0.5) is 0 Å². The highest BCUT2D eigenvalue weighted by atomic mass is 16.5. The van der Waals surface area contributed by atoms with Gasteiger partial charge in [0.1, 0.15) is 17.6 Å². The molecule has 0 radical (unpaired) electrons. The molecule has 0 aliphatic carbocycles. The minimum Gasteiger partial charge on any atom is -0.497 e. The first-order valence-electron chi connectivity index (χ1n) is 7.90. The second-order valence-corrected chi connectivity index (χ2v) is 5.90. The lowest BCUT2D eigenvalue weighted by molar-refractivity contribution is 0.0696. The largest absolute Gasteiger partial charge is 0.497 e. The maximum absolute atomic E-state index is 12.2. The molecule has 1 amide bonds. The van der Waals surface area contributed by atoms with Crippen LogP contribution in [-0.4, -0.2) is 37.2 Å². The summed E-state index contributed by atoms with van der Waals surface area (Å²) in [5.41, 5.74) is 1.92. The molecule has 25 heavy (non-hydrogen) atoms. The Balaban J connectivity index is 2.19. The third kappa shape index (κ3) is 2.91. The normalized spacial score (nSPS) is 18.2. The molecule has 0 saturated carbocycles. The molecule has 0 fully saturated rings. The van der Waals surface area contributed by atoms with E-state index in [-0.39, 0.29) is 29.1 Å². The number of methoxy groups -OCH3 is 1. The second-order valence-electron chi connectivity index (χ2n) is 5.90. The number of hydrogen-bond acceptors (Lipinski definition) is 4. The fourth-order valence-corrected chi connectivity index (χ4v) is 3.23. The molecule has 130 valence electrons. The van der Waals surface area contributed by atoms with Gasteiger partial charge >= 0.3 is 5.97 Å². The van der Waals surface area contributed by atoms with E-state index in [2.05, 4.69) is 5.32 Å². The maximum Gasteiger partial charge on any atom is 0.335 e. The molecule has 1 aliphatic heterocycles. The van der Waals surface area contributed by atoms with Crippen molar-refractivity contribution in [3.8, 4) is 11.5 Å². The number of benzene rings is 2. The topological polar surface area (TPSA) is 84.9 Å². The van der Waals surface area contributed by atoms with Crippen LogP contribution < -0.4 is 14.8 Å². The zero-order valence-electron chi connectivity index (χ0n) is 14.2. The summed E-state index contributed by atoms with van der Waals surface area (Å²) in [4.78, 5) is 23.7. The number of aromatic carboxylic acids is 1. The van der Waals surface area contributed by atoms with Crippen molar-refractivity contribution in [1.82, 2.24) is 5.32 Å². The van der Waals surface area contributed by atoms with Gasteiger partial charge in [-0.2, -0.15) is 0 Å². The molecule has 1 aliphatic rings. The number of nitrogens with one attached hydrogen (secondary N) is 1. The summed E-state index contributed by atoms with van der Waals surface area (Å²) in [7, 11) is 3.09. The first-order chi connectivity index (χ1) is 12.0. The van der Waals surface area contributed by atoms with Crippen LogP contribution in [0.5, 0.6) is 11.5 Å². The predicted molar refractivity (Wildman–Crippen MR) is 91.7 cm³/mol. The zero-order chi connectivity index (χ0) is 18.1. The average molecular weight is 341 g/mol. The molecule has 2 N–H and O–H groups in total. The number of hydrogen-bond donors (Lipinski definition) is 2. The van der Waals surface area contributed by atoms with Gasteiger partial charge in [-0.25, -0.2) is 4.79 Å². The van der Waals surface area contributed by atoms with E-state index in [4.69, 9.17) is 9.47 Å². The quantitative estimate of drug-likeness (QED) is 0.893. The van der Waals surface area contributed by atoms with Crippen molar-refractivity contribution < 1.29 is 24.2 Å². The van der Waals surface area contributed by atoms with Crippen LogP contribution in [0.25, 0.3) is 0 Å². The highest BCUT2D eigenvalue weighted by Gasteiger charge is 2.36. The molecule has 0 saturated heterocycles. The van der Waals surface area contributed by atoms with Crippen molar-refractivity contribution in [2.75, 3.05) is 14.2 Å². The summed E-state index contributed by atoms with van der Waals surface area (Å²) in [5.74, 6) is -0.508. The van der Waals surface area contributed by atoms with E-state index in [1.807, 2.05) is 31.2 Å². The van der Waals surface area contributed by atoms with Crippen LogP contribution in [0, 0.1) is 0 Å². The van der Waals surface area contributed by atoms with Gasteiger partial charge in [0.2, 0.25) is 0 Å². The Morgan fingerprint density at radius 2 is 2.00 bits per heavy atom. The van der Waals surface area contributed by atoms with E-state index in [0.29, 0.717) is 17.1 Å². The summed E-state index contributed by atoms with van der Waals surface area (Å²) < 4.78 is 11.2. The molecule has 2 aromatic carbocycles. The third-order valence-corrected chi connectivity index (χ3v) is 4.40. The van der Waals surface area contributed by atoms with Crippen LogP contribution in [0.3, 0.4) is 0 Å². The number of carboxylic acid groups (broad SMARTS) is 1. The predicted octanol–water partition coefficient (Wildman–Crippen LogP) is 2.67. The smallest absolute Gasteiger partial charge is 0.335 e. The number of ether oxygens (including phenoxy) is 2. The van der Waals surface area contributed by atoms with Crippen molar-refractivity contribution in [2.24, 2.45) is 0 Å². The molecule has 1 heterocycles. The Bertz CT molecular complexity index is 846. The molecule has 6 nitrogen and oxygen atoms in total. The number of amides is 1. The molecule has 0 unspecified atom stereocenters. The summed E-state index contributed by atoms with van der Waals surface area (Å²) >= 11 is 0. The molecule has 0 aromatic heterocycles. The maximum atomic E-state index is 12.2. The Morgan fingerprint density at radius 1 is 1.24 bits per heavy atom. The first-order valence-corrected chi connectivity index (χ1v) is 7.90. The number of carbonyl (C=O) groups is 2. The van der Waals surface area contributed by atoms with Gasteiger partial charge in [-0.05, 0) is 36.8 Å². The van der Waals surface area contributed by atoms with E-state index >= 15 is 0 Å². The minimum absolute atomic E-state index is 0.0583. The van der Waals surface area contributed by atoms with Crippen LogP contribution in [-0.2, 0) is 0 Å². The molecule has 0 bridgehead atoms. The van der Waals surface area contributed by atoms with Crippen molar-refractivity contribution >= 4 is 11.9 Å². The van der Waals surface area contributed by atoms with Gasteiger partial charge in [-0.3, -0.25) is 4.79 Å². The van der Waals surface area contributed by atoms with Crippen molar-refractivity contribution in [3.05, 3.63) is 58.7 Å². The monoisotopic (exact) mass is 341 g/mol. The van der Waals surface area contributed by atoms with Crippen molar-refractivity contribution in [1.29, 1.82) is 0 Å². The number of fused-ring (bicyclic) bond motifs is 1. The first kappa shape index (κ1) is 16.8. The van der Waals surface area contributed by atoms with Gasteiger partial charge in [0.15, 0.2) is 0 Å². The Hall–Kier alpha value is -3.02. The lowest BCUT2D eigenvalue weighted by Gasteiger charge is -2.16. The SMILES string of the molecule is CNC(=O)c1cc(C(=O)O)cc2c1O[C@H](C)[C@H]2c1cccc(OC)c1. The zero-order valence-corrected chi connectivity index (χ0v) is 14.2. The highest BCUT2D eigenvalue weighted by molar-refractivity contribution is 6.00. The number of carboxylic acids is 1. The molecular formula is C19H19NO5. The van der Waals surface area contributed by atoms with Crippen molar-refractivity contribution in [3.63, 3.8) is 0 Å². The van der Waals surface area contributed by atoms with Gasteiger partial charge in [0, 0.05) is 18.5 Å². The fourth-order valence-electron chi connectivity index (χ4n) is 3.23. The molecule has 2 atom stereocenters. The highest BCUT2D eigenvalue weighted by Crippen LogP contribution is 2.45. The van der Waals surface area contributed by atoms with Gasteiger partial charge in [0.25, 0.3) is 5.91 Å². The van der Waals surface area contributed by atoms with Crippen LogP contribution in [0.1, 0.15) is 44.7 Å². The van der Waals surface area contributed by atoms with Gasteiger partial charge in [-0.1, -0.05) is 12.1 Å². The Kier molecular flexibility index (Phi) is 4.35. The average Bonchev–Trinajstić information content (AvgIpc) is 2.95. The van der Waals surface area contributed by atoms with Crippen LogP contribution in [0.15, 0.2) is 36.4 Å². The molecular weight excluding hydrogens is 322 g/mol. The van der Waals surface area contributed by atoms with Crippen molar-refractivity contribution in [2.45, 2.75) is 18.9 Å². The summed E-state index contributed by atoms with van der Waals surface area (Å²) in [6, 6.07) is 10.5. The van der Waals surface area contributed by atoms with Crippen LogP contribution in [0.2, 0.25) is 0 Å². The van der Waals surface area contributed by atoms with E-state index in [9.17, 15) is 14.7 Å². The molecule has 6 heteroatoms. The standard InChI is InChI=1S/C19H19NO5/c1-10-16(11-5-4-6-13(7-11)24-3)14-8-12(19(22)23)9-15(17(14)25-10)18(21)20-2/h4-10,16H,1-3H3,(H,20,21)(H,22,23)/t10-,16+/m1/s1. The minimum atomic E-state index is -1.09. The van der Waals surface area contributed by atoms with E-state index in [0.717, 1.165) is 5.56 Å². The number of carbonyl (C=O) groups excluding carboxylic acids is 1. The summed E-state index contributed by atoms with van der Waals surface area (Å²) in [5, 5.41) is 11.9. The third-order valence-electron chi connectivity index (χ3n) is 4.40. The number of rotatable bonds is 4. The van der Waals surface area contributed by atoms with Gasteiger partial charge in [0.05, 0.1) is 18.2 Å². The van der Waals surface area contributed by atoms with Gasteiger partial charge < -0.3 is 19.9 Å². The lowest BCUT2D eigenvalue weighted by atomic mass is 9.87. The second kappa shape index (κ2) is 6.47. The Morgan fingerprint density at radius 3 is 2.64 bits per heavy atom. The van der Waals surface area contributed by atoms with E-state index in [1.54, 1.807) is 13.2 Å². The summed E-state index contributed by atoms with van der Waals surface area (Å²) in [6.07, 6.45) is -0.241. The lowest BCUT2D eigenvalue weighted by Crippen LogP contribution is -2.19. The van der Waals surface area contributed by atoms with E-state index in [1.165, 1.54) is 13.1 Å². The van der Waals surface area contributed by atoms with Gasteiger partial charge in [-0.15, -0.1) is 0 Å². The van der Waals surface area contributed by atoms with E-state index < -0.39 is 5.97 Å². The molecule has 3 rings (SSSR count). The Labute approximate surface area is 145 Å². The molecule has 2 aromatic rings. The fraction of sp³-hybridized carbons (Fsp3) is 0.263. The van der Waals surface area contributed by atoms with Crippen LogP contribution >= 0.6 is 0 Å². The molecule has 0 spiro atoms. The summed E-state index contributed by atoms with van der Waals surface area (Å²) in [6.45, 7) is 1.90.